The van der Waals surface area contributed by atoms with Gasteiger partial charge in [-0.2, -0.15) is 0 Å². The van der Waals surface area contributed by atoms with Crippen molar-refractivity contribution >= 4 is 11.6 Å². The van der Waals surface area contributed by atoms with Crippen LogP contribution in [0.4, 0.5) is 11.6 Å². The van der Waals surface area contributed by atoms with Gasteiger partial charge in [0, 0.05) is 17.6 Å². The van der Waals surface area contributed by atoms with Crippen LogP contribution in [0.2, 0.25) is 0 Å². The number of hydrogen-bond donors (Lipinski definition) is 2. The maximum atomic E-state index is 4.41. The number of nitrogens with one attached hydrogen (secondary N) is 2. The fourth-order valence-corrected chi connectivity index (χ4v) is 1.74. The molecular weight excluding hydrogens is 224 g/mol. The molecule has 0 atom stereocenters. The van der Waals surface area contributed by atoms with Crippen LogP contribution in [0, 0.1) is 0 Å². The lowest BCUT2D eigenvalue weighted by molar-refractivity contribution is 0.543. The van der Waals surface area contributed by atoms with Crippen LogP contribution >= 0.6 is 0 Å². The Balaban J connectivity index is 3.05. The minimum atomic E-state index is 0.0559. The molecule has 2 N–H and O–H groups in total. The van der Waals surface area contributed by atoms with Crippen molar-refractivity contribution in [1.29, 1.82) is 0 Å². The number of rotatable bonds is 7. The van der Waals surface area contributed by atoms with Gasteiger partial charge < -0.3 is 10.6 Å². The highest BCUT2D eigenvalue weighted by Gasteiger charge is 2.18. The zero-order valence-electron chi connectivity index (χ0n) is 12.3. The summed E-state index contributed by atoms with van der Waals surface area (Å²) in [5.74, 6) is 1.93. The zero-order valence-corrected chi connectivity index (χ0v) is 12.3. The van der Waals surface area contributed by atoms with Crippen LogP contribution in [0.1, 0.15) is 53.0 Å². The highest BCUT2D eigenvalue weighted by molar-refractivity contribution is 5.58. The molecule has 0 amide bonds. The molecule has 0 unspecified atom stereocenters. The van der Waals surface area contributed by atoms with Crippen LogP contribution in [0.15, 0.2) is 6.33 Å². The van der Waals surface area contributed by atoms with E-state index in [0.717, 1.165) is 37.4 Å². The highest BCUT2D eigenvalue weighted by atomic mass is 15.1. The first-order chi connectivity index (χ1) is 8.54. The smallest absolute Gasteiger partial charge is 0.135 e. The lowest BCUT2D eigenvalue weighted by Crippen LogP contribution is -2.31. The van der Waals surface area contributed by atoms with Gasteiger partial charge in [0.1, 0.15) is 18.0 Å². The summed E-state index contributed by atoms with van der Waals surface area (Å²) in [5.41, 5.74) is 1.25. The van der Waals surface area contributed by atoms with Crippen molar-refractivity contribution in [1.82, 2.24) is 9.97 Å². The second-order valence-corrected chi connectivity index (χ2v) is 5.19. The Bertz CT molecular complexity index is 374. The van der Waals surface area contributed by atoms with Gasteiger partial charge in [-0.05, 0) is 33.6 Å². The highest BCUT2D eigenvalue weighted by Crippen LogP contribution is 2.25. The number of nitrogens with zero attached hydrogens (tertiary/aromatic N) is 2. The van der Waals surface area contributed by atoms with Crippen molar-refractivity contribution in [3.63, 3.8) is 0 Å². The van der Waals surface area contributed by atoms with Crippen molar-refractivity contribution in [3.05, 3.63) is 11.9 Å². The van der Waals surface area contributed by atoms with E-state index in [0.29, 0.717) is 0 Å². The first-order valence-electron chi connectivity index (χ1n) is 6.90. The topological polar surface area (TPSA) is 49.8 Å². The molecule has 0 aliphatic heterocycles. The molecule has 0 spiro atoms. The van der Waals surface area contributed by atoms with E-state index in [2.05, 4.69) is 55.2 Å². The third kappa shape index (κ3) is 3.86. The van der Waals surface area contributed by atoms with E-state index in [4.69, 9.17) is 0 Å². The molecule has 18 heavy (non-hydrogen) atoms. The predicted octanol–water partition coefficient (Wildman–Crippen LogP) is 3.46. The second kappa shape index (κ2) is 6.57. The number of anilines is 2. The Hall–Kier alpha value is -1.32. The summed E-state index contributed by atoms with van der Waals surface area (Å²) in [6.07, 6.45) is 4.77. The van der Waals surface area contributed by atoms with E-state index in [1.807, 2.05) is 0 Å². The molecule has 1 heterocycles. The van der Waals surface area contributed by atoms with Gasteiger partial charge in [0.25, 0.3) is 0 Å². The Labute approximate surface area is 111 Å². The number of aromatic nitrogens is 2. The third-order valence-corrected chi connectivity index (χ3v) is 3.13. The molecule has 0 fully saturated rings. The minimum absolute atomic E-state index is 0.0559. The van der Waals surface area contributed by atoms with E-state index < -0.39 is 0 Å². The molecule has 0 aliphatic rings. The summed E-state index contributed by atoms with van der Waals surface area (Å²) in [6.45, 7) is 11.7. The second-order valence-electron chi connectivity index (χ2n) is 5.19. The van der Waals surface area contributed by atoms with Gasteiger partial charge in [-0.1, -0.05) is 20.3 Å². The molecule has 1 aromatic rings. The standard InChI is InChI=1S/C14H26N4/c1-6-9-11-12(15-8-3)16-10-17-13(11)18-14(4,5)7-2/h10H,6-9H2,1-5H3,(H2,15,16,17,18). The van der Waals surface area contributed by atoms with E-state index in [1.54, 1.807) is 6.33 Å². The van der Waals surface area contributed by atoms with E-state index in [1.165, 1.54) is 5.56 Å². The molecule has 4 heteroatoms. The zero-order chi connectivity index (χ0) is 13.6. The van der Waals surface area contributed by atoms with Crippen LogP contribution in [-0.2, 0) is 6.42 Å². The third-order valence-electron chi connectivity index (χ3n) is 3.13. The lowest BCUT2D eigenvalue weighted by Gasteiger charge is -2.27. The Kier molecular flexibility index (Phi) is 5.38. The van der Waals surface area contributed by atoms with Gasteiger partial charge in [0.05, 0.1) is 0 Å². The molecule has 1 aromatic heterocycles. The molecular formula is C14H26N4. The first-order valence-corrected chi connectivity index (χ1v) is 6.90. The van der Waals surface area contributed by atoms with Crippen molar-refractivity contribution in [3.8, 4) is 0 Å². The molecule has 1 rings (SSSR count). The predicted molar refractivity (Wildman–Crippen MR) is 78.2 cm³/mol. The quantitative estimate of drug-likeness (QED) is 0.778. The van der Waals surface area contributed by atoms with Gasteiger partial charge in [-0.25, -0.2) is 9.97 Å². The summed E-state index contributed by atoms with van der Waals surface area (Å²) in [7, 11) is 0. The summed E-state index contributed by atoms with van der Waals surface area (Å²) < 4.78 is 0. The molecule has 0 saturated carbocycles. The Morgan fingerprint density at radius 2 is 1.78 bits per heavy atom. The van der Waals surface area contributed by atoms with Crippen LogP contribution in [0.3, 0.4) is 0 Å². The van der Waals surface area contributed by atoms with Crippen LogP contribution < -0.4 is 10.6 Å². The van der Waals surface area contributed by atoms with Gasteiger partial charge in [-0.15, -0.1) is 0 Å². The first kappa shape index (κ1) is 14.7. The van der Waals surface area contributed by atoms with E-state index in [-0.39, 0.29) is 5.54 Å². The van der Waals surface area contributed by atoms with E-state index in [9.17, 15) is 0 Å². The fourth-order valence-electron chi connectivity index (χ4n) is 1.74. The Morgan fingerprint density at radius 3 is 2.33 bits per heavy atom. The SMILES string of the molecule is CCCc1c(NCC)ncnc1NC(C)(C)CC. The monoisotopic (exact) mass is 250 g/mol. The van der Waals surface area contributed by atoms with Crippen molar-refractivity contribution in [2.24, 2.45) is 0 Å². The van der Waals surface area contributed by atoms with Crippen LogP contribution in [0.5, 0.6) is 0 Å². The minimum Gasteiger partial charge on any atom is -0.370 e. The van der Waals surface area contributed by atoms with Gasteiger partial charge in [0.15, 0.2) is 0 Å². The summed E-state index contributed by atoms with van der Waals surface area (Å²) >= 11 is 0. The summed E-state index contributed by atoms with van der Waals surface area (Å²) in [5, 5.41) is 6.84. The average Bonchev–Trinajstić information content (AvgIpc) is 2.33. The van der Waals surface area contributed by atoms with Crippen molar-refractivity contribution in [2.75, 3.05) is 17.2 Å². The maximum absolute atomic E-state index is 4.41. The fraction of sp³-hybridized carbons (Fsp3) is 0.714. The maximum Gasteiger partial charge on any atom is 0.135 e. The summed E-state index contributed by atoms with van der Waals surface area (Å²) in [6, 6.07) is 0. The molecule has 102 valence electrons. The molecule has 0 aromatic carbocycles. The average molecular weight is 250 g/mol. The molecule has 0 radical (unpaired) electrons. The van der Waals surface area contributed by atoms with Gasteiger partial charge >= 0.3 is 0 Å². The summed E-state index contributed by atoms with van der Waals surface area (Å²) in [4.78, 5) is 8.75. The van der Waals surface area contributed by atoms with Crippen LogP contribution in [0.25, 0.3) is 0 Å². The molecule has 0 aliphatic carbocycles. The van der Waals surface area contributed by atoms with Gasteiger partial charge in [0.2, 0.25) is 0 Å². The molecule has 0 bridgehead atoms. The van der Waals surface area contributed by atoms with Gasteiger partial charge in [-0.3, -0.25) is 0 Å². The molecule has 0 saturated heterocycles. The van der Waals surface area contributed by atoms with Crippen LogP contribution in [-0.4, -0.2) is 22.1 Å². The normalized spacial score (nSPS) is 11.4. The molecule has 4 nitrogen and oxygen atoms in total. The lowest BCUT2D eigenvalue weighted by atomic mass is 10.0. The van der Waals surface area contributed by atoms with Crippen molar-refractivity contribution < 1.29 is 0 Å². The van der Waals surface area contributed by atoms with Crippen molar-refractivity contribution in [2.45, 2.75) is 59.4 Å². The largest absolute Gasteiger partial charge is 0.370 e. The van der Waals surface area contributed by atoms with E-state index >= 15 is 0 Å². The number of hydrogen-bond acceptors (Lipinski definition) is 4. The Morgan fingerprint density at radius 1 is 1.11 bits per heavy atom.